The number of aromatic nitrogens is 3. The average Bonchev–Trinajstić information content (AvgIpc) is 3.39. The molecule has 2 aromatic heterocycles. The van der Waals surface area contributed by atoms with Gasteiger partial charge in [-0.1, -0.05) is 57.0 Å². The third kappa shape index (κ3) is 4.08. The van der Waals surface area contributed by atoms with Gasteiger partial charge < -0.3 is 14.2 Å². The lowest BCUT2D eigenvalue weighted by Gasteiger charge is -2.31. The van der Waals surface area contributed by atoms with Crippen molar-refractivity contribution in [2.24, 2.45) is 0 Å². The van der Waals surface area contributed by atoms with E-state index in [0.717, 1.165) is 73.0 Å². The normalized spacial score (nSPS) is 16.7. The van der Waals surface area contributed by atoms with Crippen LogP contribution in [0, 0.1) is 6.92 Å². The highest BCUT2D eigenvalue weighted by Gasteiger charge is 2.53. The predicted molar refractivity (Wildman–Crippen MR) is 148 cm³/mol. The van der Waals surface area contributed by atoms with Crippen molar-refractivity contribution in [1.29, 1.82) is 0 Å². The van der Waals surface area contributed by atoms with Crippen LogP contribution in [0.15, 0.2) is 60.9 Å². The first-order chi connectivity index (χ1) is 18.1. The number of hydrogen-bond donors (Lipinski definition) is 0. The largest absolute Gasteiger partial charge is 0.438 e. The molecule has 6 nitrogen and oxygen atoms in total. The number of nitrogens with zero attached hydrogens (tertiary/aromatic N) is 4. The molecule has 192 valence electrons. The maximum absolute atomic E-state index is 13.2. The van der Waals surface area contributed by atoms with E-state index < -0.39 is 11.6 Å². The maximum atomic E-state index is 13.2. The quantitative estimate of drug-likeness (QED) is 0.231. The summed E-state index contributed by atoms with van der Waals surface area (Å²) in [5.74, 6) is -0.438. The number of unbranched alkanes of at least 4 members (excludes halogenated alkanes) is 2. The Morgan fingerprint density at radius 3 is 2.27 bits per heavy atom. The molecule has 0 aliphatic carbocycles. The molecule has 37 heavy (non-hydrogen) atoms. The van der Waals surface area contributed by atoms with Crippen LogP contribution < -0.4 is 4.90 Å². The number of rotatable bonds is 10. The van der Waals surface area contributed by atoms with Crippen molar-refractivity contribution in [2.75, 3.05) is 18.0 Å². The van der Waals surface area contributed by atoms with Crippen LogP contribution >= 0.6 is 0 Å². The fourth-order valence-electron chi connectivity index (χ4n) is 5.75. The van der Waals surface area contributed by atoms with Gasteiger partial charge in [0.2, 0.25) is 5.60 Å². The second-order valence-corrected chi connectivity index (χ2v) is 9.79. The number of aryl methyl sites for hydroxylation is 1. The molecule has 0 saturated heterocycles. The van der Waals surface area contributed by atoms with Gasteiger partial charge in [-0.2, -0.15) is 0 Å². The van der Waals surface area contributed by atoms with Crippen LogP contribution in [0.4, 0.5) is 5.69 Å². The van der Waals surface area contributed by atoms with E-state index in [9.17, 15) is 4.79 Å². The first-order valence-corrected chi connectivity index (χ1v) is 13.5. The Kier molecular flexibility index (Phi) is 7.00. The Bertz CT molecular complexity index is 1400. The lowest BCUT2D eigenvalue weighted by atomic mass is 9.81. The van der Waals surface area contributed by atoms with E-state index in [1.165, 1.54) is 5.69 Å². The molecule has 1 aliphatic heterocycles. The van der Waals surface area contributed by atoms with Crippen LogP contribution in [0.5, 0.6) is 0 Å². The average molecular weight is 497 g/mol. The number of para-hydroxylation sites is 1. The van der Waals surface area contributed by atoms with Gasteiger partial charge >= 0.3 is 5.97 Å². The summed E-state index contributed by atoms with van der Waals surface area (Å²) in [4.78, 5) is 24.8. The Labute approximate surface area is 219 Å². The SMILES string of the molecule is CCCCN(CCCC)c1ccc(C2(c3c(C)n(CC)c4ccccc34)OC(=O)c3nccnc32)cc1. The molecule has 0 fully saturated rings. The van der Waals surface area contributed by atoms with Gasteiger partial charge in [0.1, 0.15) is 5.69 Å². The van der Waals surface area contributed by atoms with Gasteiger partial charge in [0.15, 0.2) is 5.69 Å². The topological polar surface area (TPSA) is 60.2 Å². The lowest BCUT2D eigenvalue weighted by molar-refractivity contribution is 0.0243. The number of carbonyl (C=O) groups is 1. The minimum atomic E-state index is -1.17. The van der Waals surface area contributed by atoms with E-state index >= 15 is 0 Å². The number of esters is 1. The van der Waals surface area contributed by atoms with E-state index in [4.69, 9.17) is 9.72 Å². The third-order valence-electron chi connectivity index (χ3n) is 7.57. The van der Waals surface area contributed by atoms with Gasteiger partial charge in [-0.25, -0.2) is 9.78 Å². The number of cyclic esters (lactones) is 1. The monoisotopic (exact) mass is 496 g/mol. The minimum Gasteiger partial charge on any atom is -0.438 e. The molecule has 0 radical (unpaired) electrons. The van der Waals surface area contributed by atoms with Gasteiger partial charge in [-0.15, -0.1) is 0 Å². The first-order valence-electron chi connectivity index (χ1n) is 13.5. The zero-order valence-electron chi connectivity index (χ0n) is 22.3. The number of anilines is 1. The smallest absolute Gasteiger partial charge is 0.360 e. The standard InChI is InChI=1S/C31H36N4O2/c1-5-8-20-34(21-9-6-2)24-16-14-23(15-17-24)31(29-28(30(36)37-31)32-18-19-33-29)27-22(4)35(7-3)26-13-11-10-12-25(26)27/h10-19H,5-9,20-21H2,1-4H3. The molecule has 1 atom stereocenters. The van der Waals surface area contributed by atoms with E-state index in [1.807, 2.05) is 6.07 Å². The van der Waals surface area contributed by atoms with Crippen molar-refractivity contribution < 1.29 is 9.53 Å². The highest BCUT2D eigenvalue weighted by Crippen LogP contribution is 2.49. The van der Waals surface area contributed by atoms with Crippen molar-refractivity contribution in [1.82, 2.24) is 14.5 Å². The van der Waals surface area contributed by atoms with Gasteiger partial charge in [-0.05, 0) is 44.9 Å². The number of ether oxygens (including phenoxy) is 1. The summed E-state index contributed by atoms with van der Waals surface area (Å²) in [5.41, 5.74) is 4.89. The van der Waals surface area contributed by atoms with Gasteiger partial charge in [0.25, 0.3) is 0 Å². The molecule has 5 rings (SSSR count). The number of fused-ring (bicyclic) bond motifs is 2. The maximum Gasteiger partial charge on any atom is 0.360 e. The molecule has 4 aromatic rings. The molecule has 0 spiro atoms. The summed E-state index contributed by atoms with van der Waals surface area (Å²) < 4.78 is 8.66. The van der Waals surface area contributed by atoms with Crippen LogP contribution in [0.2, 0.25) is 0 Å². The fourth-order valence-corrected chi connectivity index (χ4v) is 5.75. The highest BCUT2D eigenvalue weighted by atomic mass is 16.6. The number of hydrogen-bond acceptors (Lipinski definition) is 5. The van der Waals surface area contributed by atoms with Crippen LogP contribution in [0.3, 0.4) is 0 Å². The van der Waals surface area contributed by atoms with Crippen LogP contribution in [0.1, 0.15) is 79.5 Å². The van der Waals surface area contributed by atoms with E-state index in [0.29, 0.717) is 5.69 Å². The lowest BCUT2D eigenvalue weighted by Crippen LogP contribution is -2.31. The molecule has 0 saturated carbocycles. The van der Waals surface area contributed by atoms with E-state index in [1.54, 1.807) is 12.4 Å². The van der Waals surface area contributed by atoms with Crippen molar-refractivity contribution in [3.05, 3.63) is 89.1 Å². The highest BCUT2D eigenvalue weighted by molar-refractivity contribution is 5.96. The van der Waals surface area contributed by atoms with Crippen molar-refractivity contribution >= 4 is 22.6 Å². The second-order valence-electron chi connectivity index (χ2n) is 9.79. The fraction of sp³-hybridized carbons (Fsp3) is 0.387. The first kappa shape index (κ1) is 25.0. The molecule has 3 heterocycles. The molecule has 1 aliphatic rings. The summed E-state index contributed by atoms with van der Waals surface area (Å²) in [6.07, 6.45) is 7.85. The third-order valence-corrected chi connectivity index (χ3v) is 7.57. The zero-order chi connectivity index (χ0) is 26.0. The Morgan fingerprint density at radius 1 is 0.919 bits per heavy atom. The summed E-state index contributed by atoms with van der Waals surface area (Å²) in [6.45, 7) is 11.6. The van der Waals surface area contributed by atoms with E-state index in [-0.39, 0.29) is 5.69 Å². The molecular formula is C31H36N4O2. The summed E-state index contributed by atoms with van der Waals surface area (Å²) in [5, 5.41) is 1.06. The van der Waals surface area contributed by atoms with E-state index in [2.05, 4.69) is 84.6 Å². The van der Waals surface area contributed by atoms with Gasteiger partial charge in [0.05, 0.1) is 0 Å². The van der Waals surface area contributed by atoms with Crippen molar-refractivity contribution in [2.45, 2.75) is 65.5 Å². The molecular weight excluding hydrogens is 460 g/mol. The minimum absolute atomic E-state index is 0.284. The van der Waals surface area contributed by atoms with Crippen LogP contribution in [0.25, 0.3) is 10.9 Å². The van der Waals surface area contributed by atoms with Crippen LogP contribution in [-0.4, -0.2) is 33.6 Å². The van der Waals surface area contributed by atoms with Gasteiger partial charge in [0, 0.05) is 65.4 Å². The Hall–Kier alpha value is -3.67. The molecule has 2 aromatic carbocycles. The molecule has 0 N–H and O–H groups in total. The van der Waals surface area contributed by atoms with Gasteiger partial charge in [-0.3, -0.25) is 4.98 Å². The van der Waals surface area contributed by atoms with Crippen molar-refractivity contribution in [3.63, 3.8) is 0 Å². The predicted octanol–water partition coefficient (Wildman–Crippen LogP) is 6.63. The molecule has 6 heteroatoms. The Morgan fingerprint density at radius 2 is 1.59 bits per heavy atom. The zero-order valence-corrected chi connectivity index (χ0v) is 22.3. The second kappa shape index (κ2) is 10.4. The van der Waals surface area contributed by atoms with Crippen molar-refractivity contribution in [3.8, 4) is 0 Å². The number of carbonyl (C=O) groups excluding carboxylic acids is 1. The van der Waals surface area contributed by atoms with Crippen LogP contribution in [-0.2, 0) is 16.9 Å². The summed E-state index contributed by atoms with van der Waals surface area (Å²) >= 11 is 0. The molecule has 0 bridgehead atoms. The summed E-state index contributed by atoms with van der Waals surface area (Å²) in [6, 6.07) is 16.9. The molecule has 1 unspecified atom stereocenters. The molecule has 0 amide bonds. The summed E-state index contributed by atoms with van der Waals surface area (Å²) in [7, 11) is 0. The Balaban J connectivity index is 1.72. The number of benzene rings is 2.